The fraction of sp³-hybridized carbons (Fsp3) is 0.478. The standard InChI is InChI=1S/C23H34N2/c1-3-5-7-8-10-22(18-11-14-21(24)15-12-18)19-13-16-23(25)20(17-19)9-6-4-2/h11-17,22H,3-10,24-25H2,1-2H3. The van der Waals surface area contributed by atoms with Crippen LogP contribution in [0.3, 0.4) is 0 Å². The van der Waals surface area contributed by atoms with Gasteiger partial charge in [-0.3, -0.25) is 0 Å². The highest BCUT2D eigenvalue weighted by Crippen LogP contribution is 2.32. The van der Waals surface area contributed by atoms with Crippen molar-refractivity contribution >= 4 is 11.4 Å². The van der Waals surface area contributed by atoms with Crippen LogP contribution in [0.25, 0.3) is 0 Å². The molecule has 0 fully saturated rings. The molecule has 4 N–H and O–H groups in total. The van der Waals surface area contributed by atoms with Crippen molar-refractivity contribution in [2.24, 2.45) is 0 Å². The third-order valence-electron chi connectivity index (χ3n) is 5.05. The van der Waals surface area contributed by atoms with Gasteiger partial charge in [-0.2, -0.15) is 0 Å². The Balaban J connectivity index is 2.25. The molecule has 1 atom stereocenters. The van der Waals surface area contributed by atoms with Gasteiger partial charge in [-0.1, -0.05) is 70.2 Å². The summed E-state index contributed by atoms with van der Waals surface area (Å²) in [4.78, 5) is 0. The normalized spacial score (nSPS) is 12.2. The molecule has 0 aliphatic heterocycles. The highest BCUT2D eigenvalue weighted by atomic mass is 14.6. The molecule has 0 amide bonds. The summed E-state index contributed by atoms with van der Waals surface area (Å²) >= 11 is 0. The largest absolute Gasteiger partial charge is 0.399 e. The first-order valence-corrected chi connectivity index (χ1v) is 9.89. The van der Waals surface area contributed by atoms with Gasteiger partial charge in [-0.15, -0.1) is 0 Å². The van der Waals surface area contributed by atoms with E-state index in [0.29, 0.717) is 5.92 Å². The Labute approximate surface area is 153 Å². The van der Waals surface area contributed by atoms with Crippen LogP contribution in [0, 0.1) is 0 Å². The summed E-state index contributed by atoms with van der Waals surface area (Å²) in [6, 6.07) is 15.0. The van der Waals surface area contributed by atoms with Gasteiger partial charge < -0.3 is 11.5 Å². The van der Waals surface area contributed by atoms with Crippen LogP contribution in [0.5, 0.6) is 0 Å². The fourth-order valence-electron chi connectivity index (χ4n) is 3.46. The number of hydrogen-bond acceptors (Lipinski definition) is 2. The average Bonchev–Trinajstić information content (AvgIpc) is 2.62. The lowest BCUT2D eigenvalue weighted by Crippen LogP contribution is -2.04. The quantitative estimate of drug-likeness (QED) is 0.395. The van der Waals surface area contributed by atoms with Crippen LogP contribution in [-0.2, 0) is 6.42 Å². The summed E-state index contributed by atoms with van der Waals surface area (Å²) in [7, 11) is 0. The summed E-state index contributed by atoms with van der Waals surface area (Å²) in [5.41, 5.74) is 17.9. The van der Waals surface area contributed by atoms with Gasteiger partial charge in [-0.05, 0) is 54.2 Å². The van der Waals surface area contributed by atoms with Crippen molar-refractivity contribution in [2.75, 3.05) is 11.5 Å². The first-order valence-electron chi connectivity index (χ1n) is 9.89. The number of anilines is 2. The Bertz CT molecular complexity index is 631. The van der Waals surface area contributed by atoms with Crippen molar-refractivity contribution < 1.29 is 0 Å². The molecule has 2 aromatic carbocycles. The fourth-order valence-corrected chi connectivity index (χ4v) is 3.46. The van der Waals surface area contributed by atoms with Crippen molar-refractivity contribution in [3.63, 3.8) is 0 Å². The minimum atomic E-state index is 0.429. The van der Waals surface area contributed by atoms with E-state index in [1.165, 1.54) is 61.6 Å². The van der Waals surface area contributed by atoms with E-state index in [9.17, 15) is 0 Å². The molecule has 0 aromatic heterocycles. The minimum Gasteiger partial charge on any atom is -0.399 e. The maximum absolute atomic E-state index is 6.21. The third-order valence-corrected chi connectivity index (χ3v) is 5.05. The van der Waals surface area contributed by atoms with Gasteiger partial charge in [0, 0.05) is 17.3 Å². The van der Waals surface area contributed by atoms with Crippen LogP contribution in [-0.4, -0.2) is 0 Å². The van der Waals surface area contributed by atoms with Crippen molar-refractivity contribution in [3.05, 3.63) is 59.2 Å². The van der Waals surface area contributed by atoms with Gasteiger partial charge in [0.1, 0.15) is 0 Å². The Hall–Kier alpha value is -1.96. The first kappa shape index (κ1) is 19.4. The SMILES string of the molecule is CCCCCCC(c1ccc(N)cc1)c1ccc(N)c(CCCC)c1. The Kier molecular flexibility index (Phi) is 7.84. The molecule has 0 heterocycles. The Morgan fingerprint density at radius 3 is 2.12 bits per heavy atom. The summed E-state index contributed by atoms with van der Waals surface area (Å²) in [6.07, 6.45) is 9.80. The lowest BCUT2D eigenvalue weighted by atomic mass is 9.85. The molecule has 0 saturated carbocycles. The molecule has 0 radical (unpaired) electrons. The van der Waals surface area contributed by atoms with E-state index in [2.05, 4.69) is 44.2 Å². The van der Waals surface area contributed by atoms with Crippen LogP contribution in [0.4, 0.5) is 11.4 Å². The Morgan fingerprint density at radius 1 is 0.760 bits per heavy atom. The summed E-state index contributed by atoms with van der Waals surface area (Å²) < 4.78 is 0. The zero-order valence-electron chi connectivity index (χ0n) is 15.9. The molecule has 2 rings (SSSR count). The second kappa shape index (κ2) is 10.1. The number of aryl methyl sites for hydroxylation is 1. The third kappa shape index (κ3) is 5.81. The van der Waals surface area contributed by atoms with E-state index < -0.39 is 0 Å². The average molecular weight is 339 g/mol. The number of benzene rings is 2. The van der Waals surface area contributed by atoms with E-state index in [1.54, 1.807) is 0 Å². The van der Waals surface area contributed by atoms with Crippen molar-refractivity contribution in [2.45, 2.75) is 71.1 Å². The highest BCUT2D eigenvalue weighted by molar-refractivity contribution is 5.51. The lowest BCUT2D eigenvalue weighted by Gasteiger charge is -2.20. The molecule has 1 unspecified atom stereocenters. The van der Waals surface area contributed by atoms with Crippen molar-refractivity contribution in [1.29, 1.82) is 0 Å². The molecule has 0 bridgehead atoms. The topological polar surface area (TPSA) is 52.0 Å². The lowest BCUT2D eigenvalue weighted by molar-refractivity contribution is 0.596. The second-order valence-corrected chi connectivity index (χ2v) is 7.13. The smallest absolute Gasteiger partial charge is 0.0346 e. The Morgan fingerprint density at radius 2 is 1.44 bits per heavy atom. The second-order valence-electron chi connectivity index (χ2n) is 7.13. The molecular formula is C23H34N2. The van der Waals surface area contributed by atoms with Crippen molar-refractivity contribution in [1.82, 2.24) is 0 Å². The van der Waals surface area contributed by atoms with E-state index in [-0.39, 0.29) is 0 Å². The predicted octanol–water partition coefficient (Wildman–Crippen LogP) is 6.30. The van der Waals surface area contributed by atoms with Crippen molar-refractivity contribution in [3.8, 4) is 0 Å². The van der Waals surface area contributed by atoms with E-state index in [0.717, 1.165) is 17.8 Å². The number of unbranched alkanes of at least 4 members (excludes halogenated alkanes) is 4. The number of hydrogen-bond donors (Lipinski definition) is 2. The van der Waals surface area contributed by atoms with Gasteiger partial charge >= 0.3 is 0 Å². The monoisotopic (exact) mass is 338 g/mol. The molecular weight excluding hydrogens is 304 g/mol. The van der Waals surface area contributed by atoms with E-state index in [1.807, 2.05) is 12.1 Å². The molecule has 0 aliphatic rings. The minimum absolute atomic E-state index is 0.429. The highest BCUT2D eigenvalue weighted by Gasteiger charge is 2.15. The van der Waals surface area contributed by atoms with Gasteiger partial charge in [0.15, 0.2) is 0 Å². The number of rotatable bonds is 10. The van der Waals surface area contributed by atoms with Gasteiger partial charge in [-0.25, -0.2) is 0 Å². The summed E-state index contributed by atoms with van der Waals surface area (Å²) in [5, 5.41) is 0. The summed E-state index contributed by atoms with van der Waals surface area (Å²) in [5.74, 6) is 0.429. The molecule has 0 spiro atoms. The molecule has 136 valence electrons. The maximum atomic E-state index is 6.21. The zero-order chi connectivity index (χ0) is 18.1. The predicted molar refractivity (Wildman–Crippen MR) is 111 cm³/mol. The first-order chi connectivity index (χ1) is 12.2. The molecule has 0 aliphatic carbocycles. The van der Waals surface area contributed by atoms with Crippen LogP contribution < -0.4 is 11.5 Å². The van der Waals surface area contributed by atoms with Gasteiger partial charge in [0.25, 0.3) is 0 Å². The van der Waals surface area contributed by atoms with Crippen LogP contribution in [0.1, 0.15) is 81.4 Å². The van der Waals surface area contributed by atoms with E-state index >= 15 is 0 Å². The van der Waals surface area contributed by atoms with Gasteiger partial charge in [0.05, 0.1) is 0 Å². The van der Waals surface area contributed by atoms with Crippen LogP contribution in [0.15, 0.2) is 42.5 Å². The number of nitrogens with two attached hydrogens (primary N) is 2. The van der Waals surface area contributed by atoms with Crippen LogP contribution >= 0.6 is 0 Å². The summed E-state index contributed by atoms with van der Waals surface area (Å²) in [6.45, 7) is 4.49. The van der Waals surface area contributed by atoms with Gasteiger partial charge in [0.2, 0.25) is 0 Å². The molecule has 2 heteroatoms. The maximum Gasteiger partial charge on any atom is 0.0346 e. The molecule has 2 nitrogen and oxygen atoms in total. The molecule has 25 heavy (non-hydrogen) atoms. The molecule has 2 aromatic rings. The van der Waals surface area contributed by atoms with E-state index in [4.69, 9.17) is 11.5 Å². The number of nitrogen functional groups attached to an aromatic ring is 2. The zero-order valence-corrected chi connectivity index (χ0v) is 15.9. The van der Waals surface area contributed by atoms with Crippen LogP contribution in [0.2, 0.25) is 0 Å². The molecule has 0 saturated heterocycles.